The highest BCUT2D eigenvalue weighted by Crippen LogP contribution is 2.25. The summed E-state index contributed by atoms with van der Waals surface area (Å²) in [5.74, 6) is 1.63. The van der Waals surface area contributed by atoms with Gasteiger partial charge in [-0.1, -0.05) is 18.2 Å². The zero-order valence-corrected chi connectivity index (χ0v) is 10.5. The number of ether oxygens (including phenoxy) is 1. The summed E-state index contributed by atoms with van der Waals surface area (Å²) in [4.78, 5) is 4.28. The number of aromatic nitrogens is 2. The first-order chi connectivity index (χ1) is 8.86. The molecule has 0 saturated carbocycles. The van der Waals surface area contributed by atoms with Crippen molar-refractivity contribution in [3.8, 4) is 11.4 Å². The number of anilines is 1. The molecule has 0 atom stereocenters. The Morgan fingerprint density at radius 3 is 3.06 bits per heavy atom. The van der Waals surface area contributed by atoms with Crippen molar-refractivity contribution in [2.75, 3.05) is 18.5 Å². The van der Waals surface area contributed by atoms with E-state index in [2.05, 4.69) is 16.9 Å². The van der Waals surface area contributed by atoms with E-state index in [1.165, 1.54) is 0 Å². The lowest BCUT2D eigenvalue weighted by atomic mass is 10.3. The van der Waals surface area contributed by atoms with E-state index in [9.17, 15) is 0 Å². The van der Waals surface area contributed by atoms with Gasteiger partial charge in [0, 0.05) is 18.9 Å². The first kappa shape index (κ1) is 12.2. The molecule has 1 N–H and O–H groups in total. The fourth-order valence-electron chi connectivity index (χ4n) is 1.73. The Morgan fingerprint density at radius 1 is 1.44 bits per heavy atom. The van der Waals surface area contributed by atoms with Gasteiger partial charge in [0.05, 0.1) is 12.3 Å². The zero-order valence-electron chi connectivity index (χ0n) is 10.5. The average Bonchev–Trinajstić information content (AvgIpc) is 2.85. The Kier molecular flexibility index (Phi) is 4.02. The van der Waals surface area contributed by atoms with E-state index in [0.29, 0.717) is 13.2 Å². The molecule has 94 valence electrons. The molecule has 0 fully saturated rings. The highest BCUT2D eigenvalue weighted by molar-refractivity contribution is 5.51. The SMILES string of the molecule is C=CCNc1nccn1-c1ccccc1OCC. The Labute approximate surface area is 107 Å². The molecule has 0 amide bonds. The molecule has 4 heteroatoms. The van der Waals surface area contributed by atoms with Gasteiger partial charge in [-0.15, -0.1) is 6.58 Å². The molecule has 0 spiro atoms. The van der Waals surface area contributed by atoms with Crippen molar-refractivity contribution < 1.29 is 4.74 Å². The molecule has 0 saturated heterocycles. The third kappa shape index (κ3) is 2.53. The molecule has 1 aromatic carbocycles. The van der Waals surface area contributed by atoms with Gasteiger partial charge in [-0.05, 0) is 19.1 Å². The van der Waals surface area contributed by atoms with Gasteiger partial charge in [-0.25, -0.2) is 4.98 Å². The number of hydrogen-bond donors (Lipinski definition) is 1. The van der Waals surface area contributed by atoms with Crippen molar-refractivity contribution in [1.29, 1.82) is 0 Å². The summed E-state index contributed by atoms with van der Waals surface area (Å²) in [6.07, 6.45) is 5.46. The minimum absolute atomic E-state index is 0.640. The van der Waals surface area contributed by atoms with Gasteiger partial charge >= 0.3 is 0 Å². The van der Waals surface area contributed by atoms with E-state index in [0.717, 1.165) is 17.4 Å². The maximum atomic E-state index is 5.62. The molecule has 0 radical (unpaired) electrons. The Bertz CT molecular complexity index is 519. The van der Waals surface area contributed by atoms with Gasteiger partial charge < -0.3 is 10.1 Å². The van der Waals surface area contributed by atoms with Crippen LogP contribution in [0.5, 0.6) is 5.75 Å². The molecule has 0 aliphatic heterocycles. The Morgan fingerprint density at radius 2 is 2.28 bits per heavy atom. The Balaban J connectivity index is 2.35. The lowest BCUT2D eigenvalue weighted by Crippen LogP contribution is -2.07. The number of rotatable bonds is 6. The number of para-hydroxylation sites is 2. The lowest BCUT2D eigenvalue weighted by molar-refractivity contribution is 0.339. The van der Waals surface area contributed by atoms with E-state index < -0.39 is 0 Å². The minimum Gasteiger partial charge on any atom is -0.492 e. The Hall–Kier alpha value is -2.23. The van der Waals surface area contributed by atoms with E-state index >= 15 is 0 Å². The van der Waals surface area contributed by atoms with E-state index in [1.54, 1.807) is 12.3 Å². The van der Waals surface area contributed by atoms with Crippen molar-refractivity contribution in [2.45, 2.75) is 6.92 Å². The van der Waals surface area contributed by atoms with Crippen LogP contribution in [0.25, 0.3) is 5.69 Å². The van der Waals surface area contributed by atoms with Crippen LogP contribution in [0.2, 0.25) is 0 Å². The van der Waals surface area contributed by atoms with Gasteiger partial charge in [0.15, 0.2) is 0 Å². The van der Waals surface area contributed by atoms with Gasteiger partial charge in [0.25, 0.3) is 0 Å². The van der Waals surface area contributed by atoms with Crippen LogP contribution in [0.15, 0.2) is 49.3 Å². The van der Waals surface area contributed by atoms with Crippen LogP contribution >= 0.6 is 0 Å². The van der Waals surface area contributed by atoms with Crippen LogP contribution in [0.3, 0.4) is 0 Å². The number of nitrogens with one attached hydrogen (secondary N) is 1. The number of hydrogen-bond acceptors (Lipinski definition) is 3. The van der Waals surface area contributed by atoms with Crippen LogP contribution < -0.4 is 10.1 Å². The number of imidazole rings is 1. The summed E-state index contributed by atoms with van der Waals surface area (Å²) < 4.78 is 7.59. The largest absolute Gasteiger partial charge is 0.492 e. The smallest absolute Gasteiger partial charge is 0.207 e. The molecule has 1 aromatic heterocycles. The normalized spacial score (nSPS) is 10.1. The summed E-state index contributed by atoms with van der Waals surface area (Å²) in [6, 6.07) is 7.90. The first-order valence-corrected chi connectivity index (χ1v) is 5.97. The molecule has 0 unspecified atom stereocenters. The molecule has 18 heavy (non-hydrogen) atoms. The summed E-state index contributed by atoms with van der Waals surface area (Å²) in [6.45, 7) is 6.97. The topological polar surface area (TPSA) is 39.1 Å². The monoisotopic (exact) mass is 243 g/mol. The maximum absolute atomic E-state index is 5.62. The van der Waals surface area contributed by atoms with Crippen LogP contribution in [0, 0.1) is 0 Å². The first-order valence-electron chi connectivity index (χ1n) is 5.97. The molecular weight excluding hydrogens is 226 g/mol. The second kappa shape index (κ2) is 5.91. The number of benzene rings is 1. The quantitative estimate of drug-likeness (QED) is 0.793. The van der Waals surface area contributed by atoms with E-state index in [-0.39, 0.29) is 0 Å². The average molecular weight is 243 g/mol. The van der Waals surface area contributed by atoms with Crippen LogP contribution in [0.1, 0.15) is 6.92 Å². The van der Waals surface area contributed by atoms with Crippen LogP contribution in [-0.2, 0) is 0 Å². The number of nitrogens with zero attached hydrogens (tertiary/aromatic N) is 2. The third-order valence-electron chi connectivity index (χ3n) is 2.47. The second-order valence-corrected chi connectivity index (χ2v) is 3.69. The molecule has 4 nitrogen and oxygen atoms in total. The van der Waals surface area contributed by atoms with E-state index in [1.807, 2.05) is 42.0 Å². The second-order valence-electron chi connectivity index (χ2n) is 3.69. The van der Waals surface area contributed by atoms with Gasteiger partial charge in [0.2, 0.25) is 5.95 Å². The van der Waals surface area contributed by atoms with Crippen LogP contribution in [0.4, 0.5) is 5.95 Å². The summed E-state index contributed by atoms with van der Waals surface area (Å²) in [7, 11) is 0. The highest BCUT2D eigenvalue weighted by atomic mass is 16.5. The van der Waals surface area contributed by atoms with Crippen molar-refractivity contribution in [1.82, 2.24) is 9.55 Å². The highest BCUT2D eigenvalue weighted by Gasteiger charge is 2.08. The van der Waals surface area contributed by atoms with E-state index in [4.69, 9.17) is 4.74 Å². The van der Waals surface area contributed by atoms with Crippen molar-refractivity contribution in [2.24, 2.45) is 0 Å². The predicted octanol–water partition coefficient (Wildman–Crippen LogP) is 2.87. The molecular formula is C14H17N3O. The molecule has 2 aromatic rings. The van der Waals surface area contributed by atoms with Crippen molar-refractivity contribution >= 4 is 5.95 Å². The predicted molar refractivity (Wildman–Crippen MR) is 73.4 cm³/mol. The minimum atomic E-state index is 0.640. The van der Waals surface area contributed by atoms with Crippen molar-refractivity contribution in [3.63, 3.8) is 0 Å². The van der Waals surface area contributed by atoms with Crippen molar-refractivity contribution in [3.05, 3.63) is 49.3 Å². The van der Waals surface area contributed by atoms with Gasteiger partial charge in [-0.2, -0.15) is 0 Å². The fourth-order valence-corrected chi connectivity index (χ4v) is 1.73. The fraction of sp³-hybridized carbons (Fsp3) is 0.214. The molecule has 0 aliphatic carbocycles. The standard InChI is InChI=1S/C14H17N3O/c1-3-9-15-14-16-10-11-17(14)12-7-5-6-8-13(12)18-4-2/h3,5-8,10-11H,1,4,9H2,2H3,(H,15,16). The summed E-state index contributed by atoms with van der Waals surface area (Å²) in [5, 5.41) is 3.19. The maximum Gasteiger partial charge on any atom is 0.207 e. The molecule has 1 heterocycles. The molecule has 0 bridgehead atoms. The summed E-state index contributed by atoms with van der Waals surface area (Å²) in [5.41, 5.74) is 0.975. The van der Waals surface area contributed by atoms with Gasteiger partial charge in [-0.3, -0.25) is 4.57 Å². The molecule has 0 aliphatic rings. The van der Waals surface area contributed by atoms with Gasteiger partial charge in [0.1, 0.15) is 5.75 Å². The van der Waals surface area contributed by atoms with Crippen LogP contribution in [-0.4, -0.2) is 22.7 Å². The third-order valence-corrected chi connectivity index (χ3v) is 2.47. The summed E-state index contributed by atoms with van der Waals surface area (Å²) >= 11 is 0. The molecule has 2 rings (SSSR count). The zero-order chi connectivity index (χ0) is 12.8. The lowest BCUT2D eigenvalue weighted by Gasteiger charge is -2.13.